The molecule has 0 radical (unpaired) electrons. The number of anilines is 2. The van der Waals surface area contributed by atoms with Crippen molar-refractivity contribution < 1.29 is 0 Å². The molecule has 0 aliphatic rings. The van der Waals surface area contributed by atoms with Gasteiger partial charge in [0.1, 0.15) is 0 Å². The lowest BCUT2D eigenvalue weighted by atomic mass is 10.0. The minimum absolute atomic E-state index is 0.685. The third-order valence-corrected chi connectivity index (χ3v) is 3.20. The highest BCUT2D eigenvalue weighted by molar-refractivity contribution is 9.11. The summed E-state index contributed by atoms with van der Waals surface area (Å²) in [5.41, 5.74) is 15.1. The first-order chi connectivity index (χ1) is 7.58. The standard InChI is InChI=1S/C12H10Br2N2/c13-8-4-7(5-9(14)6-8)12-10(15)2-1-3-11(12)16/h1-6H,15-16H2. The van der Waals surface area contributed by atoms with Crippen LogP contribution in [0.3, 0.4) is 0 Å². The Morgan fingerprint density at radius 2 is 1.31 bits per heavy atom. The van der Waals surface area contributed by atoms with Gasteiger partial charge < -0.3 is 11.5 Å². The van der Waals surface area contributed by atoms with Crippen LogP contribution in [0.1, 0.15) is 0 Å². The Morgan fingerprint density at radius 3 is 1.81 bits per heavy atom. The zero-order chi connectivity index (χ0) is 11.7. The Bertz CT molecular complexity index is 498. The van der Waals surface area contributed by atoms with Crippen molar-refractivity contribution in [1.82, 2.24) is 0 Å². The maximum absolute atomic E-state index is 5.94. The third-order valence-electron chi connectivity index (χ3n) is 2.28. The molecular formula is C12H10Br2N2. The average Bonchev–Trinajstić information content (AvgIpc) is 2.15. The van der Waals surface area contributed by atoms with Gasteiger partial charge in [-0.2, -0.15) is 0 Å². The van der Waals surface area contributed by atoms with E-state index in [0.29, 0.717) is 11.4 Å². The predicted octanol–water partition coefficient (Wildman–Crippen LogP) is 4.04. The van der Waals surface area contributed by atoms with Crippen molar-refractivity contribution in [1.29, 1.82) is 0 Å². The van der Waals surface area contributed by atoms with Crippen molar-refractivity contribution in [3.8, 4) is 11.1 Å². The lowest BCUT2D eigenvalue weighted by Gasteiger charge is -2.10. The number of nitrogen functional groups attached to an aromatic ring is 2. The molecule has 0 saturated carbocycles. The molecule has 0 unspecified atom stereocenters. The SMILES string of the molecule is Nc1cccc(N)c1-c1cc(Br)cc(Br)c1. The number of nitrogens with two attached hydrogens (primary N) is 2. The molecule has 2 aromatic rings. The molecule has 0 atom stereocenters. The van der Waals surface area contributed by atoms with Crippen LogP contribution in [0.4, 0.5) is 11.4 Å². The quantitative estimate of drug-likeness (QED) is 0.769. The van der Waals surface area contributed by atoms with Crippen LogP contribution in [0.5, 0.6) is 0 Å². The maximum atomic E-state index is 5.94. The molecule has 4 N–H and O–H groups in total. The molecule has 2 aromatic carbocycles. The molecule has 0 aliphatic carbocycles. The van der Waals surface area contributed by atoms with Crippen LogP contribution in [0.15, 0.2) is 45.3 Å². The Hall–Kier alpha value is -1.000. The molecule has 82 valence electrons. The summed E-state index contributed by atoms with van der Waals surface area (Å²) in [5, 5.41) is 0. The molecule has 0 fully saturated rings. The molecular weight excluding hydrogens is 332 g/mol. The van der Waals surface area contributed by atoms with Crippen LogP contribution in [0.25, 0.3) is 11.1 Å². The Kier molecular flexibility index (Phi) is 3.21. The van der Waals surface area contributed by atoms with Gasteiger partial charge in [-0.15, -0.1) is 0 Å². The van der Waals surface area contributed by atoms with E-state index in [1.165, 1.54) is 0 Å². The Morgan fingerprint density at radius 1 is 0.812 bits per heavy atom. The summed E-state index contributed by atoms with van der Waals surface area (Å²) in [7, 11) is 0. The molecule has 0 spiro atoms. The topological polar surface area (TPSA) is 52.0 Å². The number of rotatable bonds is 1. The van der Waals surface area contributed by atoms with Gasteiger partial charge in [0, 0.05) is 25.9 Å². The molecule has 2 nitrogen and oxygen atoms in total. The van der Waals surface area contributed by atoms with E-state index in [2.05, 4.69) is 31.9 Å². The van der Waals surface area contributed by atoms with Gasteiger partial charge in [0.15, 0.2) is 0 Å². The molecule has 2 rings (SSSR count). The monoisotopic (exact) mass is 340 g/mol. The van der Waals surface area contributed by atoms with E-state index in [1.54, 1.807) is 0 Å². The smallest absolute Gasteiger partial charge is 0.0414 e. The van der Waals surface area contributed by atoms with Crippen LogP contribution in [-0.4, -0.2) is 0 Å². The van der Waals surface area contributed by atoms with E-state index in [1.807, 2.05) is 36.4 Å². The maximum Gasteiger partial charge on any atom is 0.0414 e. The van der Waals surface area contributed by atoms with E-state index >= 15 is 0 Å². The largest absolute Gasteiger partial charge is 0.398 e. The van der Waals surface area contributed by atoms with Gasteiger partial charge in [-0.1, -0.05) is 37.9 Å². The summed E-state index contributed by atoms with van der Waals surface area (Å²) in [6, 6.07) is 11.5. The molecule has 0 heterocycles. The first-order valence-electron chi connectivity index (χ1n) is 4.68. The Balaban J connectivity index is 2.67. The summed E-state index contributed by atoms with van der Waals surface area (Å²) in [4.78, 5) is 0. The van der Waals surface area contributed by atoms with Crippen LogP contribution in [0.2, 0.25) is 0 Å². The predicted molar refractivity (Wildman–Crippen MR) is 76.1 cm³/mol. The van der Waals surface area contributed by atoms with Crippen molar-refractivity contribution in [3.05, 3.63) is 45.3 Å². The van der Waals surface area contributed by atoms with Gasteiger partial charge in [0.25, 0.3) is 0 Å². The highest BCUT2D eigenvalue weighted by Gasteiger charge is 2.07. The molecule has 16 heavy (non-hydrogen) atoms. The third kappa shape index (κ3) is 2.23. The van der Waals surface area contributed by atoms with Crippen molar-refractivity contribution in [2.75, 3.05) is 11.5 Å². The highest BCUT2D eigenvalue weighted by Crippen LogP contribution is 2.34. The molecule has 0 aromatic heterocycles. The lowest BCUT2D eigenvalue weighted by Crippen LogP contribution is -1.95. The summed E-state index contributed by atoms with van der Waals surface area (Å²) >= 11 is 6.90. The number of benzene rings is 2. The summed E-state index contributed by atoms with van der Waals surface area (Å²) < 4.78 is 1.97. The average molecular weight is 342 g/mol. The fraction of sp³-hybridized carbons (Fsp3) is 0. The fourth-order valence-corrected chi connectivity index (χ4v) is 2.91. The van der Waals surface area contributed by atoms with Crippen molar-refractivity contribution in [3.63, 3.8) is 0 Å². The van der Waals surface area contributed by atoms with Crippen LogP contribution >= 0.6 is 31.9 Å². The van der Waals surface area contributed by atoms with Gasteiger partial charge in [-0.25, -0.2) is 0 Å². The van der Waals surface area contributed by atoms with Crippen LogP contribution in [0, 0.1) is 0 Å². The normalized spacial score (nSPS) is 10.4. The second kappa shape index (κ2) is 4.47. The zero-order valence-corrected chi connectivity index (χ0v) is 11.5. The van der Waals surface area contributed by atoms with Gasteiger partial charge >= 0.3 is 0 Å². The first-order valence-corrected chi connectivity index (χ1v) is 6.27. The lowest BCUT2D eigenvalue weighted by molar-refractivity contribution is 1.55. The van der Waals surface area contributed by atoms with Crippen LogP contribution in [-0.2, 0) is 0 Å². The minimum Gasteiger partial charge on any atom is -0.398 e. The molecule has 0 amide bonds. The van der Waals surface area contributed by atoms with E-state index < -0.39 is 0 Å². The van der Waals surface area contributed by atoms with Gasteiger partial charge in [-0.3, -0.25) is 0 Å². The van der Waals surface area contributed by atoms with E-state index in [4.69, 9.17) is 11.5 Å². The molecule has 4 heteroatoms. The molecule has 0 aliphatic heterocycles. The first kappa shape index (κ1) is 11.5. The highest BCUT2D eigenvalue weighted by atomic mass is 79.9. The van der Waals surface area contributed by atoms with Crippen molar-refractivity contribution in [2.45, 2.75) is 0 Å². The summed E-state index contributed by atoms with van der Waals surface area (Å²) in [6.07, 6.45) is 0. The summed E-state index contributed by atoms with van der Waals surface area (Å²) in [6.45, 7) is 0. The zero-order valence-electron chi connectivity index (χ0n) is 8.37. The van der Waals surface area contributed by atoms with E-state index in [9.17, 15) is 0 Å². The van der Waals surface area contributed by atoms with Crippen molar-refractivity contribution in [2.24, 2.45) is 0 Å². The van der Waals surface area contributed by atoms with Gasteiger partial charge in [-0.05, 0) is 35.9 Å². The minimum atomic E-state index is 0.685. The molecule has 0 saturated heterocycles. The number of hydrogen-bond acceptors (Lipinski definition) is 2. The van der Waals surface area contributed by atoms with E-state index in [0.717, 1.165) is 20.1 Å². The second-order valence-electron chi connectivity index (χ2n) is 3.47. The van der Waals surface area contributed by atoms with E-state index in [-0.39, 0.29) is 0 Å². The van der Waals surface area contributed by atoms with Gasteiger partial charge in [0.2, 0.25) is 0 Å². The summed E-state index contributed by atoms with van der Waals surface area (Å²) in [5.74, 6) is 0. The Labute approximate surface area is 111 Å². The molecule has 0 bridgehead atoms. The second-order valence-corrected chi connectivity index (χ2v) is 5.30. The fourth-order valence-electron chi connectivity index (χ4n) is 1.62. The number of hydrogen-bond donors (Lipinski definition) is 2. The van der Waals surface area contributed by atoms with Crippen LogP contribution < -0.4 is 11.5 Å². The van der Waals surface area contributed by atoms with Crippen molar-refractivity contribution >= 4 is 43.2 Å². The van der Waals surface area contributed by atoms with Gasteiger partial charge in [0.05, 0.1) is 0 Å². The number of halogens is 2.